The number of aliphatic carboxylic acids is 1. The minimum absolute atomic E-state index is 0.0614. The van der Waals surface area contributed by atoms with Crippen LogP contribution in [0.4, 0.5) is 15.9 Å². The number of rotatable bonds is 6. The minimum Gasteiger partial charge on any atom is -0.507 e. The molecule has 8 heteroatoms. The molecule has 0 bridgehead atoms. The fourth-order valence-electron chi connectivity index (χ4n) is 4.33. The van der Waals surface area contributed by atoms with E-state index < -0.39 is 17.7 Å². The number of benzene rings is 2. The number of carboxylic acids is 1. The van der Waals surface area contributed by atoms with Gasteiger partial charge in [0.2, 0.25) is 5.91 Å². The van der Waals surface area contributed by atoms with Gasteiger partial charge in [0.1, 0.15) is 17.4 Å². The first-order valence-corrected chi connectivity index (χ1v) is 11.2. The van der Waals surface area contributed by atoms with Gasteiger partial charge in [0.15, 0.2) is 0 Å². The molecule has 1 aliphatic carbocycles. The molecule has 1 saturated carbocycles. The topological polar surface area (TPSA) is 112 Å². The van der Waals surface area contributed by atoms with Crippen molar-refractivity contribution in [3.8, 4) is 28.1 Å². The quantitative estimate of drug-likeness (QED) is 0.396. The summed E-state index contributed by atoms with van der Waals surface area (Å²) in [6.07, 6.45) is 2.77. The Kier molecular flexibility index (Phi) is 6.77. The predicted octanol–water partition coefficient (Wildman–Crippen LogP) is 5.27. The van der Waals surface area contributed by atoms with Crippen LogP contribution in [0, 0.1) is 11.7 Å². The molecular formula is C26H26FN3O4. The van der Waals surface area contributed by atoms with Gasteiger partial charge in [-0.15, -0.1) is 0 Å². The van der Waals surface area contributed by atoms with Gasteiger partial charge in [0, 0.05) is 24.2 Å². The normalized spacial score (nSPS) is 17.7. The summed E-state index contributed by atoms with van der Waals surface area (Å²) >= 11 is 0. The highest BCUT2D eigenvalue weighted by atomic mass is 19.1. The number of carbonyl (C=O) groups is 2. The fraction of sp³-hybridized carbons (Fsp3) is 0.269. The second-order valence-corrected chi connectivity index (χ2v) is 8.59. The molecule has 3 aromatic rings. The van der Waals surface area contributed by atoms with E-state index >= 15 is 0 Å². The van der Waals surface area contributed by atoms with Gasteiger partial charge in [-0.05, 0) is 72.9 Å². The summed E-state index contributed by atoms with van der Waals surface area (Å²) in [5, 5.41) is 25.8. The Morgan fingerprint density at radius 1 is 1.03 bits per heavy atom. The second kappa shape index (κ2) is 9.91. The lowest BCUT2D eigenvalue weighted by molar-refractivity contribution is -0.142. The SMILES string of the molecule is CC(=O)Nc1ccc(-c2cc(NC3CCCC(C(=O)O)C3)nc(-c3cc(F)ccc3O)c2)cc1. The maximum atomic E-state index is 14.0. The number of phenols is 1. The molecule has 1 aromatic heterocycles. The molecule has 4 N–H and O–H groups in total. The van der Waals surface area contributed by atoms with E-state index in [1.165, 1.54) is 25.1 Å². The van der Waals surface area contributed by atoms with Crippen molar-refractivity contribution in [1.29, 1.82) is 0 Å². The molecule has 176 valence electrons. The number of aromatic nitrogens is 1. The van der Waals surface area contributed by atoms with Crippen molar-refractivity contribution in [3.63, 3.8) is 0 Å². The third kappa shape index (κ3) is 5.51. The van der Waals surface area contributed by atoms with Crippen molar-refractivity contribution in [2.75, 3.05) is 10.6 Å². The second-order valence-electron chi connectivity index (χ2n) is 8.59. The molecule has 2 aromatic carbocycles. The molecule has 2 unspecified atom stereocenters. The van der Waals surface area contributed by atoms with Crippen LogP contribution in [0.2, 0.25) is 0 Å². The molecule has 1 fully saturated rings. The highest BCUT2D eigenvalue weighted by Crippen LogP contribution is 2.34. The van der Waals surface area contributed by atoms with Gasteiger partial charge in [-0.3, -0.25) is 9.59 Å². The Bertz CT molecular complexity index is 1210. The Morgan fingerprint density at radius 2 is 1.79 bits per heavy atom. The van der Waals surface area contributed by atoms with Crippen LogP contribution in [0.5, 0.6) is 5.75 Å². The molecule has 0 saturated heterocycles. The lowest BCUT2D eigenvalue weighted by atomic mass is 9.86. The largest absolute Gasteiger partial charge is 0.507 e. The van der Waals surface area contributed by atoms with E-state index in [2.05, 4.69) is 15.6 Å². The van der Waals surface area contributed by atoms with E-state index in [0.29, 0.717) is 30.0 Å². The molecule has 1 amide bonds. The zero-order valence-electron chi connectivity index (χ0n) is 18.7. The van der Waals surface area contributed by atoms with Crippen LogP contribution in [-0.4, -0.2) is 33.1 Å². The van der Waals surface area contributed by atoms with Crippen LogP contribution in [-0.2, 0) is 9.59 Å². The fourth-order valence-corrected chi connectivity index (χ4v) is 4.33. The molecule has 1 heterocycles. The number of nitrogens with zero attached hydrogens (tertiary/aromatic N) is 1. The lowest BCUT2D eigenvalue weighted by Crippen LogP contribution is -2.31. The monoisotopic (exact) mass is 463 g/mol. The summed E-state index contributed by atoms with van der Waals surface area (Å²) in [7, 11) is 0. The summed E-state index contributed by atoms with van der Waals surface area (Å²) in [6.45, 7) is 1.44. The van der Waals surface area contributed by atoms with Crippen molar-refractivity contribution < 1.29 is 24.2 Å². The van der Waals surface area contributed by atoms with E-state index in [1.54, 1.807) is 18.2 Å². The van der Waals surface area contributed by atoms with E-state index in [0.717, 1.165) is 24.0 Å². The van der Waals surface area contributed by atoms with Crippen LogP contribution in [0.25, 0.3) is 22.4 Å². The zero-order valence-corrected chi connectivity index (χ0v) is 18.7. The highest BCUT2D eigenvalue weighted by molar-refractivity contribution is 5.89. The molecule has 34 heavy (non-hydrogen) atoms. The number of nitrogens with one attached hydrogen (secondary N) is 2. The molecule has 0 spiro atoms. The van der Waals surface area contributed by atoms with Crippen LogP contribution in [0.1, 0.15) is 32.6 Å². The third-order valence-corrected chi connectivity index (χ3v) is 5.97. The number of hydrogen-bond acceptors (Lipinski definition) is 5. The third-order valence-electron chi connectivity index (χ3n) is 5.97. The lowest BCUT2D eigenvalue weighted by Gasteiger charge is -2.28. The van der Waals surface area contributed by atoms with Gasteiger partial charge in [-0.2, -0.15) is 0 Å². The Hall–Kier alpha value is -3.94. The van der Waals surface area contributed by atoms with E-state index in [-0.39, 0.29) is 23.3 Å². The van der Waals surface area contributed by atoms with E-state index in [4.69, 9.17) is 0 Å². The molecule has 2 atom stereocenters. The first-order chi connectivity index (χ1) is 16.3. The molecule has 1 aliphatic rings. The van der Waals surface area contributed by atoms with Crippen molar-refractivity contribution in [3.05, 3.63) is 60.4 Å². The number of carbonyl (C=O) groups excluding carboxylic acids is 1. The molecule has 4 rings (SSSR count). The van der Waals surface area contributed by atoms with Gasteiger partial charge in [-0.25, -0.2) is 9.37 Å². The number of phenolic OH excluding ortho intramolecular Hbond substituents is 1. The van der Waals surface area contributed by atoms with Gasteiger partial charge in [-0.1, -0.05) is 18.6 Å². The molecule has 7 nitrogen and oxygen atoms in total. The average molecular weight is 464 g/mol. The molecular weight excluding hydrogens is 437 g/mol. The highest BCUT2D eigenvalue weighted by Gasteiger charge is 2.27. The zero-order chi connectivity index (χ0) is 24.2. The Labute approximate surface area is 196 Å². The number of anilines is 2. The summed E-state index contributed by atoms with van der Waals surface area (Å²) in [5.41, 5.74) is 2.91. The van der Waals surface area contributed by atoms with Gasteiger partial charge in [0.25, 0.3) is 0 Å². The summed E-state index contributed by atoms with van der Waals surface area (Å²) in [4.78, 5) is 27.4. The maximum Gasteiger partial charge on any atom is 0.306 e. The van der Waals surface area contributed by atoms with Crippen molar-refractivity contribution >= 4 is 23.4 Å². The summed E-state index contributed by atoms with van der Waals surface area (Å²) in [6, 6.07) is 14.5. The predicted molar refractivity (Wildman–Crippen MR) is 128 cm³/mol. The first-order valence-electron chi connectivity index (χ1n) is 11.2. The van der Waals surface area contributed by atoms with Crippen molar-refractivity contribution in [2.45, 2.75) is 38.6 Å². The first kappa shape index (κ1) is 23.2. The van der Waals surface area contributed by atoms with Gasteiger partial charge < -0.3 is 20.8 Å². The minimum atomic E-state index is -0.794. The smallest absolute Gasteiger partial charge is 0.306 e. The van der Waals surface area contributed by atoms with E-state index in [9.17, 15) is 24.2 Å². The van der Waals surface area contributed by atoms with Gasteiger partial charge in [0.05, 0.1) is 11.6 Å². The van der Waals surface area contributed by atoms with Crippen LogP contribution >= 0.6 is 0 Å². The number of pyridine rings is 1. The maximum absolute atomic E-state index is 14.0. The average Bonchev–Trinajstić information content (AvgIpc) is 2.80. The number of hydrogen-bond donors (Lipinski definition) is 4. The van der Waals surface area contributed by atoms with Crippen molar-refractivity contribution in [2.24, 2.45) is 5.92 Å². The van der Waals surface area contributed by atoms with E-state index in [1.807, 2.05) is 18.2 Å². The Morgan fingerprint density at radius 3 is 2.50 bits per heavy atom. The van der Waals surface area contributed by atoms with Crippen LogP contribution < -0.4 is 10.6 Å². The standard InChI is InChI=1S/C26H26FN3O4/c1-15(31)28-20-8-5-16(6-9-20)18-12-23(22-14-19(27)7-10-24(22)32)30-25(13-18)29-21-4-2-3-17(11-21)26(33)34/h5-10,12-14,17,21,32H,2-4,11H2,1H3,(H,28,31)(H,29,30)(H,33,34). The van der Waals surface area contributed by atoms with Crippen LogP contribution in [0.3, 0.4) is 0 Å². The van der Waals surface area contributed by atoms with Crippen LogP contribution in [0.15, 0.2) is 54.6 Å². The number of carboxylic acid groups (broad SMARTS) is 1. The molecule has 0 aliphatic heterocycles. The Balaban J connectivity index is 1.71. The summed E-state index contributed by atoms with van der Waals surface area (Å²) in [5.74, 6) is -1.44. The number of halogens is 1. The molecule has 0 radical (unpaired) electrons. The van der Waals surface area contributed by atoms with Crippen molar-refractivity contribution in [1.82, 2.24) is 4.98 Å². The summed E-state index contributed by atoms with van der Waals surface area (Å²) < 4.78 is 14.0. The number of aromatic hydroxyl groups is 1. The van der Waals surface area contributed by atoms with Gasteiger partial charge >= 0.3 is 5.97 Å². The number of amides is 1.